The number of rotatable bonds is 11. The van der Waals surface area contributed by atoms with Crippen LogP contribution >= 0.6 is 23.1 Å². The first-order valence-corrected chi connectivity index (χ1v) is 15.1. The molecule has 0 spiro atoms. The van der Waals surface area contributed by atoms with Gasteiger partial charge in [0.15, 0.2) is 10.6 Å². The number of nitrogens with zero attached hydrogens (tertiary/aromatic N) is 1. The molecule has 5 rings (SSSR count). The fourth-order valence-electron chi connectivity index (χ4n) is 4.51. The summed E-state index contributed by atoms with van der Waals surface area (Å²) in [7, 11) is 0. The highest BCUT2D eigenvalue weighted by Gasteiger charge is 2.32. The Balaban J connectivity index is 1.26. The van der Waals surface area contributed by atoms with Crippen molar-refractivity contribution in [2.75, 3.05) is 11.1 Å². The van der Waals surface area contributed by atoms with Gasteiger partial charge in [-0.1, -0.05) is 60.3 Å². The summed E-state index contributed by atoms with van der Waals surface area (Å²) in [5.74, 6) is -0.0195. The van der Waals surface area contributed by atoms with Crippen molar-refractivity contribution < 1.29 is 29.4 Å². The van der Waals surface area contributed by atoms with Crippen molar-refractivity contribution in [3.8, 4) is 0 Å². The quantitative estimate of drug-likeness (QED) is 0.0984. The fraction of sp³-hybridized carbons (Fsp3) is 0.300. The van der Waals surface area contributed by atoms with E-state index >= 15 is 0 Å². The van der Waals surface area contributed by atoms with E-state index in [4.69, 9.17) is 19.7 Å². The third-order valence-corrected chi connectivity index (χ3v) is 8.99. The largest absolute Gasteiger partial charge is 0.392 e. The van der Waals surface area contributed by atoms with Gasteiger partial charge in [0.2, 0.25) is 11.8 Å². The highest BCUT2D eigenvalue weighted by atomic mass is 32.2. The summed E-state index contributed by atoms with van der Waals surface area (Å²) in [6.07, 6.45) is 0.346. The molecule has 214 valence electrons. The molecule has 3 aromatic carbocycles. The first-order valence-electron chi connectivity index (χ1n) is 13.3. The molecule has 1 aliphatic rings. The SMILES string of the molecule is O=C(CCCC(=O)Nc1ccc([C@H]2O[C@@H](CSc3nc4ccccc4s3)C[C@@H](c3ccc(CO)cc3)O2)cc1)NO. The number of ether oxygens (including phenoxy) is 2. The van der Waals surface area contributed by atoms with E-state index in [1.54, 1.807) is 40.7 Å². The topological polar surface area (TPSA) is 130 Å². The molecule has 4 aromatic rings. The second kappa shape index (κ2) is 14.0. The third kappa shape index (κ3) is 7.91. The van der Waals surface area contributed by atoms with E-state index in [1.165, 1.54) is 0 Å². The number of benzene rings is 3. The Hall–Kier alpha value is -3.32. The molecule has 9 nitrogen and oxygen atoms in total. The minimum Gasteiger partial charge on any atom is -0.392 e. The van der Waals surface area contributed by atoms with E-state index in [2.05, 4.69) is 11.4 Å². The number of hydrogen-bond acceptors (Lipinski definition) is 9. The van der Waals surface area contributed by atoms with Crippen LogP contribution in [-0.4, -0.2) is 39.0 Å². The van der Waals surface area contributed by atoms with Crippen molar-refractivity contribution in [3.63, 3.8) is 0 Å². The fourth-order valence-corrected chi connectivity index (χ4v) is 6.62. The predicted octanol–water partition coefficient (Wildman–Crippen LogP) is 5.74. The van der Waals surface area contributed by atoms with Crippen molar-refractivity contribution in [3.05, 3.63) is 89.5 Å². The number of carbonyl (C=O) groups excluding carboxylic acids is 2. The Morgan fingerprint density at radius 1 is 0.951 bits per heavy atom. The Morgan fingerprint density at radius 2 is 1.68 bits per heavy atom. The maximum absolute atomic E-state index is 12.2. The maximum atomic E-state index is 12.2. The van der Waals surface area contributed by atoms with E-state index in [-0.39, 0.29) is 37.6 Å². The molecule has 11 heteroatoms. The van der Waals surface area contributed by atoms with Crippen molar-refractivity contribution in [2.45, 2.75) is 55.1 Å². The smallest absolute Gasteiger partial charge is 0.243 e. The molecule has 41 heavy (non-hydrogen) atoms. The first kappa shape index (κ1) is 29.2. The number of aliphatic hydroxyl groups is 1. The van der Waals surface area contributed by atoms with Crippen molar-refractivity contribution >= 4 is 50.8 Å². The van der Waals surface area contributed by atoms with E-state index in [9.17, 15) is 14.7 Å². The Labute approximate surface area is 245 Å². The zero-order valence-corrected chi connectivity index (χ0v) is 23.8. The summed E-state index contributed by atoms with van der Waals surface area (Å²) < 4.78 is 15.0. The predicted molar refractivity (Wildman–Crippen MR) is 158 cm³/mol. The number of thioether (sulfide) groups is 1. The number of thiazole rings is 1. The standard InChI is InChI=1S/C30H31N3O6S2/c34-17-19-8-10-20(11-9-19)25-16-23(18-40-30-32-24-4-1-2-5-26(24)41-30)38-29(39-25)21-12-14-22(15-13-21)31-27(35)6-3-7-28(36)33-37/h1-2,4-5,8-15,23,25,29,34,37H,3,6-7,16-18H2,(H,31,35)(H,33,36)/t23-,25+,29+/m1/s1. The lowest BCUT2D eigenvalue weighted by Crippen LogP contribution is -2.31. The summed E-state index contributed by atoms with van der Waals surface area (Å²) in [5, 5.41) is 20.8. The number of fused-ring (bicyclic) bond motifs is 1. The van der Waals surface area contributed by atoms with Crippen LogP contribution in [0.4, 0.5) is 5.69 Å². The molecule has 1 fully saturated rings. The molecule has 0 aliphatic carbocycles. The van der Waals surface area contributed by atoms with Gasteiger partial charge in [-0.25, -0.2) is 10.5 Å². The van der Waals surface area contributed by atoms with Crippen LogP contribution in [0.25, 0.3) is 10.2 Å². The lowest BCUT2D eigenvalue weighted by Gasteiger charge is -2.36. The number of para-hydroxylation sites is 1. The monoisotopic (exact) mass is 593 g/mol. The van der Waals surface area contributed by atoms with Crippen molar-refractivity contribution in [1.82, 2.24) is 10.5 Å². The molecule has 0 bridgehead atoms. The molecule has 2 heterocycles. The number of amides is 2. The molecule has 1 aromatic heterocycles. The third-order valence-electron chi connectivity index (χ3n) is 6.68. The number of hydroxylamine groups is 1. The van der Waals surface area contributed by atoms with Crippen LogP contribution in [0.5, 0.6) is 0 Å². The molecule has 1 aliphatic heterocycles. The van der Waals surface area contributed by atoms with Gasteiger partial charge >= 0.3 is 0 Å². The van der Waals surface area contributed by atoms with Crippen LogP contribution in [0, 0.1) is 0 Å². The Kier molecular flexibility index (Phi) is 9.99. The van der Waals surface area contributed by atoms with E-state index in [0.29, 0.717) is 24.3 Å². The van der Waals surface area contributed by atoms with Crippen LogP contribution in [0.15, 0.2) is 77.1 Å². The van der Waals surface area contributed by atoms with Crippen LogP contribution < -0.4 is 10.8 Å². The van der Waals surface area contributed by atoms with Crippen LogP contribution in [0.3, 0.4) is 0 Å². The number of aliphatic hydroxyl groups excluding tert-OH is 1. The van der Waals surface area contributed by atoms with Crippen molar-refractivity contribution in [2.24, 2.45) is 0 Å². The molecule has 1 saturated heterocycles. The summed E-state index contributed by atoms with van der Waals surface area (Å²) in [6, 6.07) is 23.2. The summed E-state index contributed by atoms with van der Waals surface area (Å²) in [6.45, 7) is -0.0140. The zero-order valence-electron chi connectivity index (χ0n) is 22.2. The van der Waals surface area contributed by atoms with E-state index in [1.807, 2.05) is 54.6 Å². The van der Waals surface area contributed by atoms with Crippen molar-refractivity contribution in [1.29, 1.82) is 0 Å². The normalized spacial score (nSPS) is 18.7. The van der Waals surface area contributed by atoms with Gasteiger partial charge in [-0.3, -0.25) is 14.8 Å². The molecule has 4 N–H and O–H groups in total. The van der Waals surface area contributed by atoms with E-state index in [0.717, 1.165) is 31.2 Å². The van der Waals surface area contributed by atoms with Crippen LogP contribution in [0.2, 0.25) is 0 Å². The average Bonchev–Trinajstić information content (AvgIpc) is 3.43. The van der Waals surface area contributed by atoms with Gasteiger partial charge in [-0.15, -0.1) is 11.3 Å². The van der Waals surface area contributed by atoms with Gasteiger partial charge in [0.25, 0.3) is 0 Å². The lowest BCUT2D eigenvalue weighted by atomic mass is 10.0. The molecule has 0 saturated carbocycles. The molecular formula is C30H31N3O6S2. The molecule has 2 amide bonds. The number of anilines is 1. The molecular weight excluding hydrogens is 562 g/mol. The number of nitrogens with one attached hydrogen (secondary N) is 2. The highest BCUT2D eigenvalue weighted by Crippen LogP contribution is 2.40. The minimum atomic E-state index is -0.603. The van der Waals surface area contributed by atoms with E-state index < -0.39 is 12.2 Å². The highest BCUT2D eigenvalue weighted by molar-refractivity contribution is 8.01. The average molecular weight is 594 g/mol. The Morgan fingerprint density at radius 3 is 2.41 bits per heavy atom. The first-order chi connectivity index (χ1) is 20.0. The summed E-state index contributed by atoms with van der Waals surface area (Å²) in [4.78, 5) is 28.1. The lowest BCUT2D eigenvalue weighted by molar-refractivity contribution is -0.245. The number of hydrogen-bond donors (Lipinski definition) is 4. The van der Waals surface area contributed by atoms with Gasteiger partial charge in [0.1, 0.15) is 0 Å². The summed E-state index contributed by atoms with van der Waals surface area (Å²) >= 11 is 3.35. The maximum Gasteiger partial charge on any atom is 0.243 e. The minimum absolute atomic E-state index is 0.0140. The number of aromatic nitrogens is 1. The van der Waals surface area contributed by atoms with Gasteiger partial charge in [-0.05, 0) is 41.8 Å². The van der Waals surface area contributed by atoms with Crippen LogP contribution in [-0.2, 0) is 25.7 Å². The van der Waals surface area contributed by atoms with Gasteiger partial charge in [0, 0.05) is 36.3 Å². The number of carbonyl (C=O) groups is 2. The Bertz CT molecular complexity index is 1430. The van der Waals surface area contributed by atoms with Gasteiger partial charge < -0.3 is 19.9 Å². The molecule has 0 radical (unpaired) electrons. The summed E-state index contributed by atoms with van der Waals surface area (Å²) in [5.41, 5.74) is 5.87. The second-order valence-electron chi connectivity index (χ2n) is 9.67. The van der Waals surface area contributed by atoms with Gasteiger partial charge in [0.05, 0.1) is 29.0 Å². The molecule has 3 atom stereocenters. The second-order valence-corrected chi connectivity index (χ2v) is 12.0. The molecule has 0 unspecified atom stereocenters. The van der Waals surface area contributed by atoms with Crippen LogP contribution in [0.1, 0.15) is 54.8 Å². The van der Waals surface area contributed by atoms with Gasteiger partial charge in [-0.2, -0.15) is 0 Å². The zero-order chi connectivity index (χ0) is 28.6.